The Morgan fingerprint density at radius 2 is 1.88 bits per heavy atom. The maximum atomic E-state index is 5.94. The van der Waals surface area contributed by atoms with Crippen molar-refractivity contribution in [2.75, 3.05) is 33.4 Å². The number of ether oxygens (including phenoxy) is 1. The molecular weight excluding hydrogens is 200 g/mol. The minimum Gasteiger partial charge on any atom is -0.381 e. The molecule has 1 rings (SSSR count). The summed E-state index contributed by atoms with van der Waals surface area (Å²) in [6, 6.07) is 0.517. The molecule has 1 aliphatic rings. The number of likely N-dealkylation sites (N-methyl/N-ethyl adjacent to an activating group) is 1. The van der Waals surface area contributed by atoms with E-state index in [0.29, 0.717) is 17.4 Å². The number of nitrogens with two attached hydrogens (primary N) is 1. The first-order valence-corrected chi connectivity index (χ1v) is 6.42. The molecule has 1 aliphatic heterocycles. The van der Waals surface area contributed by atoms with Crippen molar-refractivity contribution < 1.29 is 4.74 Å². The van der Waals surface area contributed by atoms with Crippen LogP contribution < -0.4 is 5.73 Å². The van der Waals surface area contributed by atoms with E-state index in [2.05, 4.69) is 32.7 Å². The van der Waals surface area contributed by atoms with Crippen LogP contribution >= 0.6 is 0 Å². The van der Waals surface area contributed by atoms with Crippen LogP contribution in [0, 0.1) is 11.3 Å². The smallest absolute Gasteiger partial charge is 0.0469 e. The summed E-state index contributed by atoms with van der Waals surface area (Å²) in [5, 5.41) is 0. The van der Waals surface area contributed by atoms with Crippen LogP contribution in [-0.2, 0) is 4.74 Å². The maximum Gasteiger partial charge on any atom is 0.0469 e. The summed E-state index contributed by atoms with van der Waals surface area (Å²) >= 11 is 0. The molecule has 0 bridgehead atoms. The van der Waals surface area contributed by atoms with Crippen molar-refractivity contribution in [3.63, 3.8) is 0 Å². The van der Waals surface area contributed by atoms with Gasteiger partial charge in [-0.1, -0.05) is 20.8 Å². The average molecular weight is 228 g/mol. The van der Waals surface area contributed by atoms with Crippen LogP contribution in [0.5, 0.6) is 0 Å². The predicted octanol–water partition coefficient (Wildman–Crippen LogP) is 1.72. The Labute approximate surface area is 100 Å². The highest BCUT2D eigenvalue weighted by molar-refractivity contribution is 4.82. The van der Waals surface area contributed by atoms with Gasteiger partial charge in [0.15, 0.2) is 0 Å². The quantitative estimate of drug-likeness (QED) is 0.796. The molecule has 0 aliphatic carbocycles. The molecule has 1 unspecified atom stereocenters. The first kappa shape index (κ1) is 13.9. The molecule has 96 valence electrons. The molecule has 1 saturated heterocycles. The van der Waals surface area contributed by atoms with E-state index in [4.69, 9.17) is 10.5 Å². The third-order valence-electron chi connectivity index (χ3n) is 3.34. The second-order valence-corrected chi connectivity index (χ2v) is 6.23. The number of rotatable bonds is 4. The van der Waals surface area contributed by atoms with E-state index < -0.39 is 0 Å². The molecular formula is C13H28N2O. The van der Waals surface area contributed by atoms with Crippen molar-refractivity contribution in [1.82, 2.24) is 4.90 Å². The topological polar surface area (TPSA) is 38.5 Å². The van der Waals surface area contributed by atoms with E-state index >= 15 is 0 Å². The lowest BCUT2D eigenvalue weighted by molar-refractivity contribution is 0.0271. The minimum absolute atomic E-state index is 0.341. The van der Waals surface area contributed by atoms with Crippen molar-refractivity contribution in [2.24, 2.45) is 17.1 Å². The summed E-state index contributed by atoms with van der Waals surface area (Å²) in [6.45, 7) is 10.5. The lowest BCUT2D eigenvalue weighted by Crippen LogP contribution is -2.47. The second-order valence-electron chi connectivity index (χ2n) is 6.23. The first-order valence-electron chi connectivity index (χ1n) is 6.42. The van der Waals surface area contributed by atoms with Gasteiger partial charge in [-0.15, -0.1) is 0 Å². The second kappa shape index (κ2) is 5.99. The van der Waals surface area contributed by atoms with Crippen molar-refractivity contribution in [3.8, 4) is 0 Å². The fourth-order valence-corrected chi connectivity index (χ4v) is 2.70. The normalized spacial score (nSPS) is 21.4. The summed E-state index contributed by atoms with van der Waals surface area (Å²) in [4.78, 5) is 2.44. The van der Waals surface area contributed by atoms with Crippen LogP contribution in [0.25, 0.3) is 0 Å². The van der Waals surface area contributed by atoms with Gasteiger partial charge in [0.05, 0.1) is 0 Å². The highest BCUT2D eigenvalue weighted by Crippen LogP contribution is 2.24. The van der Waals surface area contributed by atoms with Crippen molar-refractivity contribution in [2.45, 2.75) is 39.7 Å². The van der Waals surface area contributed by atoms with Gasteiger partial charge in [-0.3, -0.25) is 0 Å². The Kier molecular flexibility index (Phi) is 5.22. The third kappa shape index (κ3) is 4.40. The van der Waals surface area contributed by atoms with Crippen LogP contribution in [0.4, 0.5) is 0 Å². The van der Waals surface area contributed by atoms with E-state index in [1.54, 1.807) is 0 Å². The van der Waals surface area contributed by atoms with Crippen LogP contribution in [0.3, 0.4) is 0 Å². The Hall–Kier alpha value is -0.120. The summed E-state index contributed by atoms with van der Waals surface area (Å²) in [5.41, 5.74) is 6.28. The molecule has 16 heavy (non-hydrogen) atoms. The molecule has 0 saturated carbocycles. The van der Waals surface area contributed by atoms with Gasteiger partial charge < -0.3 is 15.4 Å². The summed E-state index contributed by atoms with van der Waals surface area (Å²) in [7, 11) is 2.21. The van der Waals surface area contributed by atoms with Crippen molar-refractivity contribution in [1.29, 1.82) is 0 Å². The van der Waals surface area contributed by atoms with E-state index in [0.717, 1.165) is 39.1 Å². The number of hydrogen-bond acceptors (Lipinski definition) is 3. The zero-order valence-electron chi connectivity index (χ0n) is 11.3. The van der Waals surface area contributed by atoms with Crippen molar-refractivity contribution in [3.05, 3.63) is 0 Å². The van der Waals surface area contributed by atoms with Crippen LogP contribution in [0.1, 0.15) is 33.6 Å². The Bertz CT molecular complexity index is 195. The predicted molar refractivity (Wildman–Crippen MR) is 68.5 cm³/mol. The largest absolute Gasteiger partial charge is 0.381 e. The van der Waals surface area contributed by atoms with Gasteiger partial charge in [0.25, 0.3) is 0 Å². The lowest BCUT2D eigenvalue weighted by Gasteiger charge is -2.38. The Morgan fingerprint density at radius 1 is 1.31 bits per heavy atom. The van der Waals surface area contributed by atoms with Gasteiger partial charge in [-0.25, -0.2) is 0 Å². The molecule has 3 heteroatoms. The molecule has 0 aromatic carbocycles. The van der Waals surface area contributed by atoms with E-state index in [1.807, 2.05) is 0 Å². The van der Waals surface area contributed by atoms with Crippen molar-refractivity contribution >= 4 is 0 Å². The summed E-state index contributed by atoms with van der Waals surface area (Å²) in [6.07, 6.45) is 2.33. The zero-order valence-corrected chi connectivity index (χ0v) is 11.3. The number of hydrogen-bond donors (Lipinski definition) is 1. The molecule has 1 atom stereocenters. The van der Waals surface area contributed by atoms with Gasteiger partial charge in [0, 0.05) is 32.3 Å². The van der Waals surface area contributed by atoms with Crippen LogP contribution in [-0.4, -0.2) is 44.3 Å². The molecule has 0 spiro atoms. The zero-order chi connectivity index (χ0) is 12.2. The lowest BCUT2D eigenvalue weighted by atomic mass is 9.88. The summed E-state index contributed by atoms with van der Waals surface area (Å²) in [5.74, 6) is 0.714. The molecule has 0 aromatic rings. The fraction of sp³-hybridized carbons (Fsp3) is 1.00. The highest BCUT2D eigenvalue weighted by Gasteiger charge is 2.28. The van der Waals surface area contributed by atoms with Crippen LogP contribution in [0.15, 0.2) is 0 Å². The monoisotopic (exact) mass is 228 g/mol. The molecule has 0 amide bonds. The van der Waals surface area contributed by atoms with Gasteiger partial charge in [-0.05, 0) is 31.2 Å². The SMILES string of the molecule is CN(CC(C)(C)C)C(CN)C1CCOCC1. The fourth-order valence-electron chi connectivity index (χ4n) is 2.70. The highest BCUT2D eigenvalue weighted by atomic mass is 16.5. The Balaban J connectivity index is 2.51. The summed E-state index contributed by atoms with van der Waals surface area (Å²) < 4.78 is 5.42. The molecule has 1 heterocycles. The standard InChI is InChI=1S/C13H28N2O/c1-13(2,3)10-15(4)12(9-14)11-5-7-16-8-6-11/h11-12H,5-10,14H2,1-4H3. The number of nitrogens with zero attached hydrogens (tertiary/aromatic N) is 1. The third-order valence-corrected chi connectivity index (χ3v) is 3.34. The average Bonchev–Trinajstić information content (AvgIpc) is 2.17. The van der Waals surface area contributed by atoms with E-state index in [1.165, 1.54) is 0 Å². The van der Waals surface area contributed by atoms with Gasteiger partial charge in [0.1, 0.15) is 0 Å². The van der Waals surface area contributed by atoms with E-state index in [-0.39, 0.29) is 0 Å². The van der Waals surface area contributed by atoms with Gasteiger partial charge >= 0.3 is 0 Å². The molecule has 0 radical (unpaired) electrons. The van der Waals surface area contributed by atoms with Gasteiger partial charge in [0.2, 0.25) is 0 Å². The maximum absolute atomic E-state index is 5.94. The van der Waals surface area contributed by atoms with Crippen LogP contribution in [0.2, 0.25) is 0 Å². The molecule has 1 fully saturated rings. The Morgan fingerprint density at radius 3 is 2.31 bits per heavy atom. The molecule has 0 aromatic heterocycles. The molecule has 3 nitrogen and oxygen atoms in total. The van der Waals surface area contributed by atoms with E-state index in [9.17, 15) is 0 Å². The molecule has 2 N–H and O–H groups in total. The van der Waals surface area contributed by atoms with Gasteiger partial charge in [-0.2, -0.15) is 0 Å². The first-order chi connectivity index (χ1) is 7.44. The minimum atomic E-state index is 0.341.